The van der Waals surface area contributed by atoms with Crippen molar-refractivity contribution in [2.75, 3.05) is 21.3 Å². The number of aliphatic hydroxyl groups excluding tert-OH is 1. The fraction of sp³-hybridized carbons (Fsp3) is 0.636. The Labute approximate surface area is 177 Å². The Morgan fingerprint density at radius 2 is 1.67 bits per heavy atom. The summed E-state index contributed by atoms with van der Waals surface area (Å²) in [5.41, 5.74) is 0.991. The van der Waals surface area contributed by atoms with Crippen molar-refractivity contribution < 1.29 is 38.3 Å². The Bertz CT molecular complexity index is 700. The zero-order valence-electron chi connectivity index (χ0n) is 18.1. The Hall–Kier alpha value is -1.36. The summed E-state index contributed by atoms with van der Waals surface area (Å²) in [5, 5.41) is 10.5. The zero-order valence-corrected chi connectivity index (χ0v) is 18.1. The molecule has 2 heterocycles. The molecule has 30 heavy (non-hydrogen) atoms. The van der Waals surface area contributed by atoms with Gasteiger partial charge in [-0.1, -0.05) is 36.4 Å². The summed E-state index contributed by atoms with van der Waals surface area (Å²) in [6.07, 6.45) is -3.27. The molecule has 8 nitrogen and oxygen atoms in total. The van der Waals surface area contributed by atoms with E-state index in [1.807, 2.05) is 30.3 Å². The van der Waals surface area contributed by atoms with Crippen molar-refractivity contribution in [1.29, 1.82) is 0 Å². The summed E-state index contributed by atoms with van der Waals surface area (Å²) in [4.78, 5) is 0. The molecule has 0 bridgehead atoms. The highest BCUT2D eigenvalue weighted by molar-refractivity contribution is 5.14. The largest absolute Gasteiger partial charge is 0.386 e. The first kappa shape index (κ1) is 23.3. The summed E-state index contributed by atoms with van der Waals surface area (Å²) in [7, 11) is 4.54. The molecule has 1 aromatic carbocycles. The first-order valence-corrected chi connectivity index (χ1v) is 9.92. The number of methoxy groups -OCH3 is 3. The Balaban J connectivity index is 1.93. The Morgan fingerprint density at radius 3 is 2.20 bits per heavy atom. The normalized spacial score (nSPS) is 39.9. The van der Waals surface area contributed by atoms with E-state index in [2.05, 4.69) is 6.58 Å². The number of aliphatic hydroxyl groups is 1. The second-order valence-corrected chi connectivity index (χ2v) is 7.66. The van der Waals surface area contributed by atoms with Crippen LogP contribution in [0.15, 0.2) is 43.0 Å². The molecule has 0 spiro atoms. The van der Waals surface area contributed by atoms with Gasteiger partial charge < -0.3 is 38.3 Å². The molecule has 2 saturated heterocycles. The molecule has 8 atom stereocenters. The van der Waals surface area contributed by atoms with Crippen LogP contribution in [0.5, 0.6) is 0 Å². The molecule has 2 aliphatic rings. The minimum Gasteiger partial charge on any atom is -0.386 e. The van der Waals surface area contributed by atoms with E-state index in [0.717, 1.165) is 5.56 Å². The first-order chi connectivity index (χ1) is 14.3. The third kappa shape index (κ3) is 4.19. The van der Waals surface area contributed by atoms with E-state index in [4.69, 9.17) is 33.2 Å². The molecule has 0 aromatic heterocycles. The average Bonchev–Trinajstić information content (AvgIpc) is 2.78. The van der Waals surface area contributed by atoms with Crippen LogP contribution >= 0.6 is 0 Å². The molecule has 0 aliphatic carbocycles. The molecule has 0 saturated carbocycles. The summed E-state index contributed by atoms with van der Waals surface area (Å²) >= 11 is 0. The van der Waals surface area contributed by atoms with E-state index in [-0.39, 0.29) is 0 Å². The molecule has 2 aliphatic heterocycles. The van der Waals surface area contributed by atoms with Crippen LogP contribution in [0.2, 0.25) is 0 Å². The lowest BCUT2D eigenvalue weighted by molar-refractivity contribution is -0.482. The predicted molar refractivity (Wildman–Crippen MR) is 107 cm³/mol. The molecule has 2 fully saturated rings. The lowest BCUT2D eigenvalue weighted by Gasteiger charge is -2.57. The fourth-order valence-electron chi connectivity index (χ4n) is 3.85. The molecule has 0 unspecified atom stereocenters. The zero-order chi connectivity index (χ0) is 21.9. The fourth-order valence-corrected chi connectivity index (χ4v) is 3.85. The lowest BCUT2D eigenvalue weighted by Crippen LogP contribution is -2.74. The molecule has 3 rings (SSSR count). The van der Waals surface area contributed by atoms with Gasteiger partial charge in [0.1, 0.15) is 30.5 Å². The van der Waals surface area contributed by atoms with Crippen molar-refractivity contribution in [3.05, 3.63) is 48.6 Å². The smallest absolute Gasteiger partial charge is 0.220 e. The van der Waals surface area contributed by atoms with Gasteiger partial charge in [0.2, 0.25) is 11.6 Å². The topological polar surface area (TPSA) is 84.8 Å². The second-order valence-electron chi connectivity index (χ2n) is 7.66. The minimum absolute atomic E-state index is 0.321. The van der Waals surface area contributed by atoms with E-state index < -0.39 is 48.4 Å². The van der Waals surface area contributed by atoms with Crippen LogP contribution in [-0.2, 0) is 39.8 Å². The van der Waals surface area contributed by atoms with Gasteiger partial charge in [0.05, 0.1) is 6.61 Å². The highest BCUT2D eigenvalue weighted by atomic mass is 16.8. The van der Waals surface area contributed by atoms with Gasteiger partial charge >= 0.3 is 0 Å². The SMILES string of the molecule is C=C[C@H](O)[C@H]1O[C@H](OC)[C@@H](OCc2ccccc2)[C@H]2O[C@](C)(OC)[C@@](C)(OC)O[C@@H]21. The maximum absolute atomic E-state index is 10.5. The molecule has 1 aromatic rings. The Morgan fingerprint density at radius 1 is 1.07 bits per heavy atom. The summed E-state index contributed by atoms with van der Waals surface area (Å²) in [6.45, 7) is 7.43. The highest BCUT2D eigenvalue weighted by Crippen LogP contribution is 2.45. The van der Waals surface area contributed by atoms with E-state index in [1.165, 1.54) is 27.4 Å². The van der Waals surface area contributed by atoms with Gasteiger partial charge in [0.15, 0.2) is 6.29 Å². The molecular formula is C22H32O8. The number of hydrogen-bond acceptors (Lipinski definition) is 8. The van der Waals surface area contributed by atoms with Crippen molar-refractivity contribution in [3.63, 3.8) is 0 Å². The van der Waals surface area contributed by atoms with Crippen LogP contribution in [0, 0.1) is 0 Å². The van der Waals surface area contributed by atoms with E-state index in [9.17, 15) is 5.11 Å². The molecule has 168 valence electrons. The highest BCUT2D eigenvalue weighted by Gasteiger charge is 2.63. The second kappa shape index (κ2) is 9.42. The molecule has 0 radical (unpaired) electrons. The van der Waals surface area contributed by atoms with Crippen LogP contribution < -0.4 is 0 Å². The molecular weight excluding hydrogens is 392 g/mol. The van der Waals surface area contributed by atoms with Crippen molar-refractivity contribution in [2.24, 2.45) is 0 Å². The average molecular weight is 424 g/mol. The minimum atomic E-state index is -1.25. The number of benzene rings is 1. The number of hydrogen-bond donors (Lipinski definition) is 1. The summed E-state index contributed by atoms with van der Waals surface area (Å²) in [6, 6.07) is 9.75. The monoisotopic (exact) mass is 424 g/mol. The maximum atomic E-state index is 10.5. The van der Waals surface area contributed by atoms with Crippen LogP contribution in [0.1, 0.15) is 19.4 Å². The first-order valence-electron chi connectivity index (χ1n) is 9.92. The van der Waals surface area contributed by atoms with Crippen LogP contribution in [0.3, 0.4) is 0 Å². The van der Waals surface area contributed by atoms with Gasteiger partial charge in [-0.05, 0) is 19.4 Å². The van der Waals surface area contributed by atoms with Crippen molar-refractivity contribution in [3.8, 4) is 0 Å². The summed E-state index contributed by atoms with van der Waals surface area (Å²) in [5.74, 6) is -2.49. The number of rotatable bonds is 8. The van der Waals surface area contributed by atoms with Crippen LogP contribution in [0.25, 0.3) is 0 Å². The van der Waals surface area contributed by atoms with Crippen molar-refractivity contribution >= 4 is 0 Å². The van der Waals surface area contributed by atoms with E-state index in [0.29, 0.717) is 6.61 Å². The Kier molecular flexibility index (Phi) is 7.32. The standard InChI is InChI=1S/C22H32O8/c1-7-15(23)16-17-18(30-22(3,26-6)21(2,25-5)29-17)19(20(24-4)28-16)27-13-14-11-9-8-10-12-14/h7-12,15-20,23H,1,13H2,2-6H3/t15-,16+,17+,18-,19-,20-,21-,22-/m0/s1. The molecule has 1 N–H and O–H groups in total. The lowest BCUT2D eigenvalue weighted by atomic mass is 9.91. The van der Waals surface area contributed by atoms with Crippen molar-refractivity contribution in [1.82, 2.24) is 0 Å². The van der Waals surface area contributed by atoms with Gasteiger partial charge in [-0.25, -0.2) is 0 Å². The number of ether oxygens (including phenoxy) is 7. The van der Waals surface area contributed by atoms with Gasteiger partial charge in [-0.2, -0.15) is 0 Å². The number of fused-ring (bicyclic) bond motifs is 1. The van der Waals surface area contributed by atoms with E-state index in [1.54, 1.807) is 13.8 Å². The van der Waals surface area contributed by atoms with Gasteiger partial charge in [0, 0.05) is 21.3 Å². The van der Waals surface area contributed by atoms with Gasteiger partial charge in [-0.3, -0.25) is 0 Å². The quantitative estimate of drug-likeness (QED) is 0.635. The van der Waals surface area contributed by atoms with Gasteiger partial charge in [-0.15, -0.1) is 6.58 Å². The third-order valence-electron chi connectivity index (χ3n) is 5.95. The molecule has 8 heteroatoms. The maximum Gasteiger partial charge on any atom is 0.220 e. The molecule has 0 amide bonds. The van der Waals surface area contributed by atoms with Crippen LogP contribution in [0.4, 0.5) is 0 Å². The van der Waals surface area contributed by atoms with Crippen molar-refractivity contribution in [2.45, 2.75) is 68.8 Å². The van der Waals surface area contributed by atoms with Crippen LogP contribution in [-0.4, -0.2) is 74.8 Å². The van der Waals surface area contributed by atoms with E-state index >= 15 is 0 Å². The van der Waals surface area contributed by atoms with Gasteiger partial charge in [0.25, 0.3) is 0 Å². The summed E-state index contributed by atoms with van der Waals surface area (Å²) < 4.78 is 41.7. The third-order valence-corrected chi connectivity index (χ3v) is 5.95. The predicted octanol–water partition coefficient (Wildman–Crippen LogP) is 2.00.